The second-order valence-electron chi connectivity index (χ2n) is 9.19. The number of rotatable bonds is 9. The molecule has 0 unspecified atom stereocenters. The van der Waals surface area contributed by atoms with Gasteiger partial charge in [-0.1, -0.05) is 36.4 Å². The van der Waals surface area contributed by atoms with E-state index in [0.29, 0.717) is 42.1 Å². The normalized spacial score (nSPS) is 11.8. The molecule has 0 radical (unpaired) electrons. The van der Waals surface area contributed by atoms with Gasteiger partial charge in [0.1, 0.15) is 22.6 Å². The monoisotopic (exact) mass is 554 g/mol. The molecule has 10 heteroatoms. The zero-order chi connectivity index (χ0) is 28.9. The zero-order valence-electron chi connectivity index (χ0n) is 23.1. The van der Waals surface area contributed by atoms with Gasteiger partial charge in [-0.3, -0.25) is 14.0 Å². The van der Waals surface area contributed by atoms with Gasteiger partial charge in [0.15, 0.2) is 5.49 Å². The van der Waals surface area contributed by atoms with Crippen molar-refractivity contribution in [2.75, 3.05) is 26.9 Å². The Morgan fingerprint density at radius 1 is 0.976 bits per heavy atom. The first-order chi connectivity index (χ1) is 20.0. The SMILES string of the molecule is CCOC(=O)c1cc2c(=O)n3ccccc3nc2n(CCCOC)c1=NC(=O)c1c(OCC)ccc2ccccc12. The van der Waals surface area contributed by atoms with Gasteiger partial charge in [-0.15, -0.1) is 0 Å². The van der Waals surface area contributed by atoms with Crippen LogP contribution in [0.3, 0.4) is 0 Å². The van der Waals surface area contributed by atoms with Crippen LogP contribution in [0, 0.1) is 0 Å². The molecule has 3 heterocycles. The molecule has 0 aliphatic carbocycles. The lowest BCUT2D eigenvalue weighted by Gasteiger charge is -2.15. The van der Waals surface area contributed by atoms with E-state index in [1.54, 1.807) is 49.1 Å². The van der Waals surface area contributed by atoms with Crippen molar-refractivity contribution < 1.29 is 23.8 Å². The van der Waals surface area contributed by atoms with E-state index < -0.39 is 11.9 Å². The lowest BCUT2D eigenvalue weighted by molar-refractivity contribution is 0.0523. The minimum absolute atomic E-state index is 0.0157. The summed E-state index contributed by atoms with van der Waals surface area (Å²) in [6.45, 7) is 4.63. The summed E-state index contributed by atoms with van der Waals surface area (Å²) in [5, 5.41) is 1.70. The Bertz CT molecular complexity index is 1910. The van der Waals surface area contributed by atoms with Crippen molar-refractivity contribution >= 4 is 39.3 Å². The Hall–Kier alpha value is -4.83. The highest BCUT2D eigenvalue weighted by Gasteiger charge is 2.22. The van der Waals surface area contributed by atoms with E-state index in [2.05, 4.69) is 4.99 Å². The van der Waals surface area contributed by atoms with Crippen molar-refractivity contribution in [3.63, 3.8) is 0 Å². The fraction of sp³-hybridized carbons (Fsp3) is 0.258. The largest absolute Gasteiger partial charge is 0.493 e. The smallest absolute Gasteiger partial charge is 0.341 e. The molecule has 41 heavy (non-hydrogen) atoms. The Morgan fingerprint density at radius 2 is 1.78 bits per heavy atom. The van der Waals surface area contributed by atoms with Crippen molar-refractivity contribution in [2.45, 2.75) is 26.8 Å². The number of aryl methyl sites for hydroxylation is 1. The lowest BCUT2D eigenvalue weighted by Crippen LogP contribution is -2.33. The van der Waals surface area contributed by atoms with Crippen LogP contribution in [0.2, 0.25) is 0 Å². The van der Waals surface area contributed by atoms with Crippen LogP contribution in [0.15, 0.2) is 76.6 Å². The molecule has 0 saturated carbocycles. The number of benzene rings is 2. The maximum absolute atomic E-state index is 14.0. The fourth-order valence-corrected chi connectivity index (χ4v) is 4.84. The molecule has 0 fully saturated rings. The van der Waals surface area contributed by atoms with Crippen LogP contribution in [-0.4, -0.2) is 52.8 Å². The summed E-state index contributed by atoms with van der Waals surface area (Å²) < 4.78 is 19.4. The van der Waals surface area contributed by atoms with Crippen LogP contribution in [0.25, 0.3) is 27.5 Å². The van der Waals surface area contributed by atoms with Crippen molar-refractivity contribution in [3.05, 3.63) is 93.8 Å². The van der Waals surface area contributed by atoms with E-state index in [-0.39, 0.29) is 40.7 Å². The Balaban J connectivity index is 1.87. The predicted octanol–water partition coefficient (Wildman–Crippen LogP) is 4.16. The van der Waals surface area contributed by atoms with E-state index >= 15 is 0 Å². The number of aromatic nitrogens is 3. The standard InChI is InChI=1S/C31H30N4O6/c1-4-40-24-15-14-20-11-6-7-12-21(20)26(24)29(36)33-28-23(31(38)41-5-2)19-22-27(35(28)17-10-18-39-3)32-25-13-8-9-16-34(25)30(22)37/h6-9,11-16,19H,4-5,10,17-18H2,1-3H3. The number of fused-ring (bicyclic) bond motifs is 3. The summed E-state index contributed by atoms with van der Waals surface area (Å²) in [6, 6.07) is 17.7. The summed E-state index contributed by atoms with van der Waals surface area (Å²) in [5.41, 5.74) is 0.647. The number of hydrogen-bond donors (Lipinski definition) is 0. The van der Waals surface area contributed by atoms with Gasteiger partial charge in [-0.2, -0.15) is 4.99 Å². The highest BCUT2D eigenvalue weighted by molar-refractivity contribution is 6.10. The Morgan fingerprint density at radius 3 is 2.56 bits per heavy atom. The number of methoxy groups -OCH3 is 1. The minimum Gasteiger partial charge on any atom is -0.493 e. The molecule has 5 rings (SSSR count). The van der Waals surface area contributed by atoms with Crippen LogP contribution >= 0.6 is 0 Å². The number of esters is 1. The third-order valence-electron chi connectivity index (χ3n) is 6.63. The van der Waals surface area contributed by atoms with Gasteiger partial charge in [-0.05, 0) is 55.3 Å². The molecule has 0 bridgehead atoms. The molecule has 0 N–H and O–H groups in total. The van der Waals surface area contributed by atoms with Gasteiger partial charge < -0.3 is 18.8 Å². The molecular formula is C31H30N4O6. The van der Waals surface area contributed by atoms with Crippen LogP contribution in [-0.2, 0) is 16.0 Å². The maximum atomic E-state index is 14.0. The first kappa shape index (κ1) is 27.7. The van der Waals surface area contributed by atoms with Crippen LogP contribution < -0.4 is 15.8 Å². The first-order valence-electron chi connectivity index (χ1n) is 13.4. The number of ether oxygens (including phenoxy) is 3. The highest BCUT2D eigenvalue weighted by atomic mass is 16.5. The Labute approximate surface area is 235 Å². The maximum Gasteiger partial charge on any atom is 0.341 e. The molecule has 0 saturated heterocycles. The van der Waals surface area contributed by atoms with Crippen molar-refractivity contribution in [2.24, 2.45) is 4.99 Å². The third-order valence-corrected chi connectivity index (χ3v) is 6.63. The Kier molecular flexibility index (Phi) is 8.21. The average molecular weight is 555 g/mol. The van der Waals surface area contributed by atoms with Gasteiger partial charge in [-0.25, -0.2) is 9.78 Å². The number of pyridine rings is 2. The van der Waals surface area contributed by atoms with Crippen LogP contribution in [0.1, 0.15) is 41.0 Å². The topological polar surface area (TPSA) is 113 Å². The van der Waals surface area contributed by atoms with Gasteiger partial charge in [0.25, 0.3) is 11.5 Å². The van der Waals surface area contributed by atoms with Gasteiger partial charge >= 0.3 is 5.97 Å². The highest BCUT2D eigenvalue weighted by Crippen LogP contribution is 2.29. The molecule has 5 aromatic rings. The van der Waals surface area contributed by atoms with E-state index in [9.17, 15) is 14.4 Å². The summed E-state index contributed by atoms with van der Waals surface area (Å²) in [5.74, 6) is -0.929. The van der Waals surface area contributed by atoms with Crippen molar-refractivity contribution in [1.29, 1.82) is 0 Å². The summed E-state index contributed by atoms with van der Waals surface area (Å²) >= 11 is 0. The number of carbonyl (C=O) groups is 2. The fourth-order valence-electron chi connectivity index (χ4n) is 4.84. The van der Waals surface area contributed by atoms with Crippen LogP contribution in [0.4, 0.5) is 0 Å². The number of carbonyl (C=O) groups excluding carboxylic acids is 2. The average Bonchev–Trinajstić information content (AvgIpc) is 2.98. The predicted molar refractivity (Wildman–Crippen MR) is 154 cm³/mol. The van der Waals surface area contributed by atoms with E-state index in [4.69, 9.17) is 19.2 Å². The molecular weight excluding hydrogens is 524 g/mol. The van der Waals surface area contributed by atoms with Gasteiger partial charge in [0, 0.05) is 26.5 Å². The van der Waals surface area contributed by atoms with E-state index in [1.807, 2.05) is 37.3 Å². The first-order valence-corrected chi connectivity index (χ1v) is 13.4. The second-order valence-corrected chi connectivity index (χ2v) is 9.19. The summed E-state index contributed by atoms with van der Waals surface area (Å²) in [6.07, 6.45) is 2.12. The van der Waals surface area contributed by atoms with E-state index in [0.717, 1.165) is 5.39 Å². The van der Waals surface area contributed by atoms with Gasteiger partial charge in [0.05, 0.1) is 24.2 Å². The number of amides is 1. The number of nitrogens with zero attached hydrogens (tertiary/aromatic N) is 4. The summed E-state index contributed by atoms with van der Waals surface area (Å²) in [4.78, 5) is 50.1. The zero-order valence-corrected chi connectivity index (χ0v) is 23.1. The molecule has 210 valence electrons. The number of hydrogen-bond acceptors (Lipinski definition) is 7. The van der Waals surface area contributed by atoms with Crippen molar-refractivity contribution in [3.8, 4) is 5.75 Å². The van der Waals surface area contributed by atoms with Crippen LogP contribution in [0.5, 0.6) is 5.75 Å². The summed E-state index contributed by atoms with van der Waals surface area (Å²) in [7, 11) is 1.58. The minimum atomic E-state index is -0.707. The second kappa shape index (κ2) is 12.1. The quantitative estimate of drug-likeness (QED) is 0.153. The molecule has 0 aliphatic heterocycles. The molecule has 1 amide bonds. The molecule has 10 nitrogen and oxygen atoms in total. The lowest BCUT2D eigenvalue weighted by atomic mass is 10.0. The van der Waals surface area contributed by atoms with Crippen molar-refractivity contribution in [1.82, 2.24) is 14.0 Å². The van der Waals surface area contributed by atoms with Gasteiger partial charge in [0.2, 0.25) is 0 Å². The van der Waals surface area contributed by atoms with E-state index in [1.165, 1.54) is 10.5 Å². The molecule has 0 aliphatic rings. The molecule has 3 aromatic heterocycles. The molecule has 0 atom stereocenters. The molecule has 2 aromatic carbocycles. The third kappa shape index (κ3) is 5.33. The molecule has 0 spiro atoms.